The molecule has 3 heterocycles. The van der Waals surface area contributed by atoms with Crippen LogP contribution < -0.4 is 14.8 Å². The molecule has 1 N–H and O–H groups in total. The molecule has 0 aliphatic rings. The van der Waals surface area contributed by atoms with Gasteiger partial charge in [0.1, 0.15) is 11.6 Å². The van der Waals surface area contributed by atoms with Crippen LogP contribution in [0, 0.1) is 20.8 Å². The summed E-state index contributed by atoms with van der Waals surface area (Å²) in [5.74, 6) is 2.94. The van der Waals surface area contributed by atoms with Crippen molar-refractivity contribution in [1.82, 2.24) is 24.6 Å². The number of benzene rings is 1. The Bertz CT molecular complexity index is 1220. The van der Waals surface area contributed by atoms with Crippen molar-refractivity contribution in [3.05, 3.63) is 59.4 Å². The van der Waals surface area contributed by atoms with E-state index in [1.165, 1.54) is 0 Å². The van der Waals surface area contributed by atoms with Gasteiger partial charge in [0.15, 0.2) is 17.1 Å². The lowest BCUT2D eigenvalue weighted by molar-refractivity contribution is 0.355. The van der Waals surface area contributed by atoms with Crippen LogP contribution in [0.1, 0.15) is 22.9 Å². The Hall–Kier alpha value is -3.68. The number of ether oxygens (including phenoxy) is 2. The minimum atomic E-state index is 0.562. The molecule has 0 bridgehead atoms. The monoisotopic (exact) mass is 404 g/mol. The lowest BCUT2D eigenvalue weighted by Gasteiger charge is -2.11. The average molecular weight is 404 g/mol. The van der Waals surface area contributed by atoms with Crippen LogP contribution in [0.2, 0.25) is 0 Å². The first-order valence-corrected chi connectivity index (χ1v) is 9.62. The molecule has 4 rings (SSSR count). The van der Waals surface area contributed by atoms with Crippen LogP contribution in [0.25, 0.3) is 16.8 Å². The Labute approximate surface area is 174 Å². The van der Waals surface area contributed by atoms with Crippen molar-refractivity contribution in [1.29, 1.82) is 0 Å². The highest BCUT2D eigenvalue weighted by molar-refractivity contribution is 5.82. The maximum atomic E-state index is 5.47. The Morgan fingerprint density at radius 3 is 2.50 bits per heavy atom. The molecule has 0 saturated carbocycles. The number of aromatic nitrogens is 5. The average Bonchev–Trinajstić information content (AvgIpc) is 3.07. The predicted octanol–water partition coefficient (Wildman–Crippen LogP) is 3.74. The molecule has 8 heteroatoms. The Morgan fingerprint density at radius 1 is 0.967 bits per heavy atom. The van der Waals surface area contributed by atoms with E-state index >= 15 is 0 Å². The molecule has 154 valence electrons. The highest BCUT2D eigenvalue weighted by atomic mass is 16.5. The highest BCUT2D eigenvalue weighted by Gasteiger charge is 2.18. The first-order valence-electron chi connectivity index (χ1n) is 9.62. The van der Waals surface area contributed by atoms with E-state index in [1.807, 2.05) is 55.6 Å². The SMILES string of the molecule is COc1ccc(-c2c(C)nn3c(NCc4ccnc(C)n4)cc(C)nc23)cc1OC. The van der Waals surface area contributed by atoms with Crippen molar-refractivity contribution < 1.29 is 9.47 Å². The fraction of sp³-hybridized carbons (Fsp3) is 0.273. The zero-order valence-corrected chi connectivity index (χ0v) is 17.7. The normalized spacial score (nSPS) is 11.0. The van der Waals surface area contributed by atoms with Gasteiger partial charge in [-0.1, -0.05) is 6.07 Å². The zero-order valence-electron chi connectivity index (χ0n) is 17.7. The number of anilines is 1. The van der Waals surface area contributed by atoms with Gasteiger partial charge in [0, 0.05) is 23.5 Å². The summed E-state index contributed by atoms with van der Waals surface area (Å²) in [4.78, 5) is 13.4. The third kappa shape index (κ3) is 3.63. The van der Waals surface area contributed by atoms with Gasteiger partial charge >= 0.3 is 0 Å². The number of methoxy groups -OCH3 is 2. The van der Waals surface area contributed by atoms with Gasteiger partial charge in [-0.05, 0) is 44.5 Å². The summed E-state index contributed by atoms with van der Waals surface area (Å²) in [5, 5.41) is 8.18. The molecule has 0 amide bonds. The van der Waals surface area contributed by atoms with Crippen molar-refractivity contribution in [3.8, 4) is 22.6 Å². The molecule has 0 atom stereocenters. The molecular formula is C22H24N6O2. The molecule has 0 unspecified atom stereocenters. The van der Waals surface area contributed by atoms with Gasteiger partial charge in [-0.15, -0.1) is 0 Å². The minimum Gasteiger partial charge on any atom is -0.493 e. The summed E-state index contributed by atoms with van der Waals surface area (Å²) in [6, 6.07) is 9.71. The lowest BCUT2D eigenvalue weighted by atomic mass is 10.1. The van der Waals surface area contributed by atoms with Crippen LogP contribution in [0.5, 0.6) is 11.5 Å². The molecular weight excluding hydrogens is 380 g/mol. The third-order valence-electron chi connectivity index (χ3n) is 4.85. The standard InChI is InChI=1S/C22H24N6O2/c1-13-10-20(24-12-17-8-9-23-15(3)26-17)28-22(25-13)21(14(2)27-28)16-6-7-18(29-4)19(11-16)30-5/h6-11,24H,12H2,1-5H3. The van der Waals surface area contributed by atoms with E-state index in [0.717, 1.165) is 45.5 Å². The minimum absolute atomic E-state index is 0.562. The van der Waals surface area contributed by atoms with Gasteiger partial charge in [-0.25, -0.2) is 15.0 Å². The summed E-state index contributed by atoms with van der Waals surface area (Å²) in [6.45, 7) is 6.39. The van der Waals surface area contributed by atoms with Crippen molar-refractivity contribution in [3.63, 3.8) is 0 Å². The molecule has 1 aromatic carbocycles. The fourth-order valence-corrected chi connectivity index (χ4v) is 3.48. The van der Waals surface area contributed by atoms with E-state index in [9.17, 15) is 0 Å². The second-order valence-corrected chi connectivity index (χ2v) is 7.00. The Kier molecular flexibility index (Phi) is 5.22. The van der Waals surface area contributed by atoms with E-state index in [1.54, 1.807) is 20.4 Å². The predicted molar refractivity (Wildman–Crippen MR) is 115 cm³/mol. The van der Waals surface area contributed by atoms with Crippen molar-refractivity contribution in [2.75, 3.05) is 19.5 Å². The molecule has 8 nitrogen and oxygen atoms in total. The summed E-state index contributed by atoms with van der Waals surface area (Å²) in [7, 11) is 3.25. The first-order chi connectivity index (χ1) is 14.5. The number of hydrogen-bond acceptors (Lipinski definition) is 7. The quantitative estimate of drug-likeness (QED) is 0.524. The number of rotatable bonds is 6. The second-order valence-electron chi connectivity index (χ2n) is 7.00. The van der Waals surface area contributed by atoms with Gasteiger partial charge in [0.05, 0.1) is 32.2 Å². The van der Waals surface area contributed by atoms with Crippen LogP contribution in [0.3, 0.4) is 0 Å². The van der Waals surface area contributed by atoms with Crippen LogP contribution in [-0.4, -0.2) is 38.8 Å². The van der Waals surface area contributed by atoms with Crippen LogP contribution in [0.4, 0.5) is 5.82 Å². The number of aryl methyl sites for hydroxylation is 3. The van der Waals surface area contributed by atoms with Gasteiger partial charge in [0.2, 0.25) is 0 Å². The van der Waals surface area contributed by atoms with Gasteiger partial charge in [-0.3, -0.25) is 0 Å². The van der Waals surface area contributed by atoms with E-state index in [4.69, 9.17) is 19.6 Å². The van der Waals surface area contributed by atoms with Gasteiger partial charge in [-0.2, -0.15) is 9.61 Å². The maximum absolute atomic E-state index is 5.47. The molecule has 3 aromatic heterocycles. The van der Waals surface area contributed by atoms with E-state index < -0.39 is 0 Å². The number of hydrogen-bond donors (Lipinski definition) is 1. The summed E-state index contributed by atoms with van der Waals surface area (Å²) < 4.78 is 12.7. The summed E-state index contributed by atoms with van der Waals surface area (Å²) >= 11 is 0. The smallest absolute Gasteiger partial charge is 0.165 e. The Morgan fingerprint density at radius 2 is 1.77 bits per heavy atom. The third-order valence-corrected chi connectivity index (χ3v) is 4.85. The molecule has 0 aliphatic carbocycles. The van der Waals surface area contributed by atoms with Crippen LogP contribution in [-0.2, 0) is 6.54 Å². The molecule has 0 saturated heterocycles. The van der Waals surface area contributed by atoms with Crippen LogP contribution >= 0.6 is 0 Å². The number of fused-ring (bicyclic) bond motifs is 1. The van der Waals surface area contributed by atoms with Crippen LogP contribution in [0.15, 0.2) is 36.5 Å². The zero-order chi connectivity index (χ0) is 21.3. The highest BCUT2D eigenvalue weighted by Crippen LogP contribution is 2.35. The molecule has 30 heavy (non-hydrogen) atoms. The molecule has 0 radical (unpaired) electrons. The topological polar surface area (TPSA) is 86.5 Å². The Balaban J connectivity index is 1.77. The summed E-state index contributed by atoms with van der Waals surface area (Å²) in [6.07, 6.45) is 1.76. The molecule has 4 aromatic rings. The second kappa shape index (κ2) is 7.98. The molecule has 0 aliphatic heterocycles. The van der Waals surface area contributed by atoms with E-state index in [2.05, 4.69) is 15.3 Å². The molecule has 0 fully saturated rings. The van der Waals surface area contributed by atoms with Gasteiger partial charge in [0.25, 0.3) is 0 Å². The van der Waals surface area contributed by atoms with E-state index in [0.29, 0.717) is 18.0 Å². The molecule has 0 spiro atoms. The lowest BCUT2D eigenvalue weighted by Crippen LogP contribution is -2.08. The van der Waals surface area contributed by atoms with Crippen molar-refractivity contribution >= 4 is 11.5 Å². The van der Waals surface area contributed by atoms with Crippen molar-refractivity contribution in [2.24, 2.45) is 0 Å². The number of nitrogens with one attached hydrogen (secondary N) is 1. The van der Waals surface area contributed by atoms with Crippen molar-refractivity contribution in [2.45, 2.75) is 27.3 Å². The summed E-state index contributed by atoms with van der Waals surface area (Å²) in [5.41, 5.74) is 5.39. The van der Waals surface area contributed by atoms with Gasteiger partial charge < -0.3 is 14.8 Å². The first kappa shape index (κ1) is 19.6. The fourth-order valence-electron chi connectivity index (χ4n) is 3.48. The largest absolute Gasteiger partial charge is 0.493 e. The number of nitrogens with zero attached hydrogens (tertiary/aromatic N) is 5. The maximum Gasteiger partial charge on any atom is 0.165 e. The van der Waals surface area contributed by atoms with E-state index in [-0.39, 0.29) is 0 Å².